The molecule has 0 bridgehead atoms. The second kappa shape index (κ2) is 4.85. The van der Waals surface area contributed by atoms with Gasteiger partial charge in [0, 0.05) is 23.6 Å². The summed E-state index contributed by atoms with van der Waals surface area (Å²) in [4.78, 5) is 11.4. The molecule has 100 valence electrons. The van der Waals surface area contributed by atoms with E-state index in [1.807, 2.05) is 60.0 Å². The number of rotatable bonds is 3. The quantitative estimate of drug-likeness (QED) is 0.784. The summed E-state index contributed by atoms with van der Waals surface area (Å²) >= 11 is 0. The minimum absolute atomic E-state index is 0.361. The zero-order valence-corrected chi connectivity index (χ0v) is 11.2. The third kappa shape index (κ3) is 2.18. The number of aromatic nitrogens is 1. The number of carboxylic acid groups (broad SMARTS) is 1. The van der Waals surface area contributed by atoms with Crippen molar-refractivity contribution < 1.29 is 9.90 Å². The first-order valence-electron chi connectivity index (χ1n) is 6.52. The molecule has 0 fully saturated rings. The highest BCUT2D eigenvalue weighted by atomic mass is 16.4. The number of benzene rings is 2. The smallest absolute Gasteiger partial charge is 0.337 e. The zero-order valence-electron chi connectivity index (χ0n) is 11.2. The maximum atomic E-state index is 11.4. The highest BCUT2D eigenvalue weighted by molar-refractivity contribution is 6.03. The van der Waals surface area contributed by atoms with Crippen molar-refractivity contribution in [3.63, 3.8) is 0 Å². The predicted octanol–water partition coefficient (Wildman–Crippen LogP) is 3.70. The summed E-state index contributed by atoms with van der Waals surface area (Å²) in [7, 11) is 0. The van der Waals surface area contributed by atoms with Gasteiger partial charge in [-0.2, -0.15) is 0 Å². The van der Waals surface area contributed by atoms with E-state index in [9.17, 15) is 9.90 Å². The van der Waals surface area contributed by atoms with Crippen LogP contribution >= 0.6 is 0 Å². The second-order valence-corrected chi connectivity index (χ2v) is 4.98. The number of carboxylic acids is 1. The van der Waals surface area contributed by atoms with E-state index in [2.05, 4.69) is 0 Å². The maximum Gasteiger partial charge on any atom is 0.337 e. The molecular formula is C17H15NO2. The monoisotopic (exact) mass is 265 g/mol. The number of hydrogen-bond donors (Lipinski definition) is 1. The van der Waals surface area contributed by atoms with Crippen LogP contribution in [0.1, 0.15) is 21.5 Å². The molecule has 0 aliphatic heterocycles. The number of aryl methyl sites for hydroxylation is 1. The Bertz CT molecular complexity index is 772. The average molecular weight is 265 g/mol. The average Bonchev–Trinajstić information content (AvgIpc) is 2.78. The normalized spacial score (nSPS) is 10.8. The molecule has 0 aliphatic rings. The lowest BCUT2D eigenvalue weighted by atomic mass is 10.1. The Labute approximate surface area is 117 Å². The molecule has 1 heterocycles. The van der Waals surface area contributed by atoms with Crippen molar-refractivity contribution in [2.45, 2.75) is 13.5 Å². The van der Waals surface area contributed by atoms with E-state index in [4.69, 9.17) is 0 Å². The topological polar surface area (TPSA) is 42.2 Å². The molecule has 0 radical (unpaired) electrons. The van der Waals surface area contributed by atoms with Crippen LogP contribution in [0, 0.1) is 6.92 Å². The molecule has 3 aromatic rings. The number of hydrogen-bond acceptors (Lipinski definition) is 1. The summed E-state index contributed by atoms with van der Waals surface area (Å²) in [6.45, 7) is 2.65. The van der Waals surface area contributed by atoms with Crippen molar-refractivity contribution in [1.82, 2.24) is 4.57 Å². The molecule has 1 aromatic heterocycles. The molecule has 1 N–H and O–H groups in total. The van der Waals surface area contributed by atoms with Gasteiger partial charge in [-0.15, -0.1) is 0 Å². The van der Waals surface area contributed by atoms with Gasteiger partial charge in [0.2, 0.25) is 0 Å². The van der Waals surface area contributed by atoms with Crippen LogP contribution in [0.2, 0.25) is 0 Å². The number of carbonyl (C=O) groups is 1. The molecule has 0 atom stereocenters. The summed E-state index contributed by atoms with van der Waals surface area (Å²) in [5, 5.41) is 10.1. The van der Waals surface area contributed by atoms with Gasteiger partial charge < -0.3 is 9.67 Å². The van der Waals surface area contributed by atoms with E-state index < -0.39 is 5.97 Å². The van der Waals surface area contributed by atoms with Crippen LogP contribution in [-0.2, 0) is 6.54 Å². The highest BCUT2D eigenvalue weighted by Gasteiger charge is 2.14. The standard InChI is InChI=1S/C17H15NO2/c1-12-7-8-16-14(9-12)15(17(19)20)11-18(16)10-13-5-3-2-4-6-13/h2-9,11H,10H2,1H3,(H,19,20). The van der Waals surface area contributed by atoms with Crippen LogP contribution in [0.3, 0.4) is 0 Å². The van der Waals surface area contributed by atoms with E-state index >= 15 is 0 Å². The van der Waals surface area contributed by atoms with Gasteiger partial charge in [-0.25, -0.2) is 4.79 Å². The fourth-order valence-corrected chi connectivity index (χ4v) is 2.49. The number of nitrogens with zero attached hydrogens (tertiary/aromatic N) is 1. The third-order valence-corrected chi connectivity index (χ3v) is 3.46. The van der Waals surface area contributed by atoms with Crippen molar-refractivity contribution in [1.29, 1.82) is 0 Å². The summed E-state index contributed by atoms with van der Waals surface area (Å²) in [5.41, 5.74) is 3.54. The lowest BCUT2D eigenvalue weighted by molar-refractivity contribution is 0.0699. The number of fused-ring (bicyclic) bond motifs is 1. The molecule has 2 aromatic carbocycles. The van der Waals surface area contributed by atoms with Crippen molar-refractivity contribution in [2.75, 3.05) is 0 Å². The third-order valence-electron chi connectivity index (χ3n) is 3.46. The molecule has 3 heteroatoms. The highest BCUT2D eigenvalue weighted by Crippen LogP contribution is 2.23. The van der Waals surface area contributed by atoms with E-state index in [1.165, 1.54) is 0 Å². The molecule has 0 spiro atoms. The van der Waals surface area contributed by atoms with Gasteiger partial charge >= 0.3 is 5.97 Å². The predicted molar refractivity (Wildman–Crippen MR) is 79.2 cm³/mol. The first kappa shape index (κ1) is 12.5. The summed E-state index contributed by atoms with van der Waals surface area (Å²) in [5.74, 6) is -0.882. The lowest BCUT2D eigenvalue weighted by Crippen LogP contribution is -1.98. The Morgan fingerprint density at radius 3 is 2.60 bits per heavy atom. The Morgan fingerprint density at radius 1 is 1.15 bits per heavy atom. The second-order valence-electron chi connectivity index (χ2n) is 4.98. The van der Waals surface area contributed by atoms with Gasteiger partial charge in [-0.05, 0) is 24.6 Å². The molecule has 0 amide bonds. The summed E-state index contributed by atoms with van der Waals surface area (Å²) < 4.78 is 1.99. The summed E-state index contributed by atoms with van der Waals surface area (Å²) in [6, 6.07) is 16.0. The van der Waals surface area contributed by atoms with Crippen molar-refractivity contribution in [3.8, 4) is 0 Å². The molecular weight excluding hydrogens is 250 g/mol. The fourth-order valence-electron chi connectivity index (χ4n) is 2.49. The molecule has 3 rings (SSSR count). The van der Waals surface area contributed by atoms with Gasteiger partial charge in [0.1, 0.15) is 0 Å². The van der Waals surface area contributed by atoms with E-state index in [0.29, 0.717) is 12.1 Å². The SMILES string of the molecule is Cc1ccc2c(c1)c(C(=O)O)cn2Cc1ccccc1. The minimum Gasteiger partial charge on any atom is -0.478 e. The molecule has 0 unspecified atom stereocenters. The van der Waals surface area contributed by atoms with Gasteiger partial charge in [0.25, 0.3) is 0 Å². The molecule has 0 saturated carbocycles. The van der Waals surface area contributed by atoms with Crippen LogP contribution in [0.25, 0.3) is 10.9 Å². The van der Waals surface area contributed by atoms with Crippen LogP contribution in [0.4, 0.5) is 0 Å². The fraction of sp³-hybridized carbons (Fsp3) is 0.118. The Morgan fingerprint density at radius 2 is 1.90 bits per heavy atom. The Balaban J connectivity index is 2.14. The maximum absolute atomic E-state index is 11.4. The van der Waals surface area contributed by atoms with Crippen LogP contribution < -0.4 is 0 Å². The molecule has 3 nitrogen and oxygen atoms in total. The van der Waals surface area contributed by atoms with Gasteiger partial charge in [-0.1, -0.05) is 42.0 Å². The minimum atomic E-state index is -0.882. The van der Waals surface area contributed by atoms with Gasteiger partial charge in [0.15, 0.2) is 0 Å². The van der Waals surface area contributed by atoms with E-state index in [1.54, 1.807) is 6.20 Å². The Kier molecular flexibility index (Phi) is 3.03. The first-order valence-corrected chi connectivity index (χ1v) is 6.52. The van der Waals surface area contributed by atoms with Gasteiger partial charge in [0.05, 0.1) is 5.56 Å². The molecule has 0 saturated heterocycles. The number of aromatic carboxylic acids is 1. The van der Waals surface area contributed by atoms with Crippen LogP contribution in [0.15, 0.2) is 54.7 Å². The lowest BCUT2D eigenvalue weighted by Gasteiger charge is -2.05. The first-order chi connectivity index (χ1) is 9.65. The zero-order chi connectivity index (χ0) is 14.1. The van der Waals surface area contributed by atoms with Crippen LogP contribution in [0.5, 0.6) is 0 Å². The van der Waals surface area contributed by atoms with Crippen molar-refractivity contribution in [2.24, 2.45) is 0 Å². The largest absolute Gasteiger partial charge is 0.478 e. The van der Waals surface area contributed by atoms with E-state index in [-0.39, 0.29) is 0 Å². The molecule has 0 aliphatic carbocycles. The molecule has 20 heavy (non-hydrogen) atoms. The van der Waals surface area contributed by atoms with Crippen molar-refractivity contribution in [3.05, 3.63) is 71.4 Å². The van der Waals surface area contributed by atoms with Crippen molar-refractivity contribution >= 4 is 16.9 Å². The Hall–Kier alpha value is -2.55. The summed E-state index contributed by atoms with van der Waals surface area (Å²) in [6.07, 6.45) is 1.72. The van der Waals surface area contributed by atoms with Gasteiger partial charge in [-0.3, -0.25) is 0 Å². The van der Waals surface area contributed by atoms with Crippen LogP contribution in [-0.4, -0.2) is 15.6 Å². The van der Waals surface area contributed by atoms with E-state index in [0.717, 1.165) is 22.0 Å².